The largest absolute Gasteiger partial charge is 0.460 e. The number of rotatable bonds is 12. The maximum atomic E-state index is 16.1. The first kappa shape index (κ1) is 55.9. The molecule has 21 heteroatoms. The van der Waals surface area contributed by atoms with Gasteiger partial charge in [-0.15, -0.1) is 0 Å². The first-order chi connectivity index (χ1) is 33.9. The Balaban J connectivity index is 0.00000166. The van der Waals surface area contributed by atoms with E-state index in [1.54, 1.807) is 92.7 Å². The molecule has 6 N–H and O–H groups in total. The van der Waals surface area contributed by atoms with Crippen molar-refractivity contribution < 1.29 is 85.2 Å². The molecule has 73 heavy (non-hydrogen) atoms. The number of fused-ring (bicyclic) bond motifs is 5. The predicted molar refractivity (Wildman–Crippen MR) is 257 cm³/mol. The zero-order valence-corrected chi connectivity index (χ0v) is 42.7. The monoisotopic (exact) mass is 1030 g/mol. The molecule has 1 aliphatic heterocycles. The maximum Gasteiger partial charge on any atom is 0.338 e. The lowest BCUT2D eigenvalue weighted by Crippen LogP contribution is -2.82. The van der Waals surface area contributed by atoms with Gasteiger partial charge in [0.25, 0.3) is 16.0 Å². The van der Waals surface area contributed by atoms with Gasteiger partial charge in [-0.1, -0.05) is 80.6 Å². The Labute approximate surface area is 422 Å². The van der Waals surface area contributed by atoms with E-state index in [1.165, 1.54) is 39.8 Å². The average Bonchev–Trinajstić information content (AvgIpc) is 3.30. The SMILES string of the molecule is CC(=O)O[C@H]1C(=O)[C@]2(C)[C@@H](OC(=O)C(C)(C)N)C[C@H]3OC[C@@]3(OC(C)=O)[C@H]2[C@H](OC(=O)c2ccccc2)[C@]2(O)C[C@H](OC(=O)[C@H](O)[C@@H](NC(=O)c3ccccc3)c3ccccc3)C(C)=C1C2(C)C.CS(=O)(=O)O. The molecular weight excluding hydrogens is 973 g/mol. The van der Waals surface area contributed by atoms with Crippen molar-refractivity contribution in [2.75, 3.05) is 12.9 Å². The van der Waals surface area contributed by atoms with Gasteiger partial charge in [-0.25, -0.2) is 9.59 Å². The summed E-state index contributed by atoms with van der Waals surface area (Å²) >= 11 is 0. The van der Waals surface area contributed by atoms with Crippen molar-refractivity contribution in [3.8, 4) is 0 Å². The summed E-state index contributed by atoms with van der Waals surface area (Å²) in [4.78, 5) is 98.8. The van der Waals surface area contributed by atoms with Crippen LogP contribution in [0.2, 0.25) is 0 Å². The van der Waals surface area contributed by atoms with Crippen LogP contribution in [-0.4, -0.2) is 131 Å². The van der Waals surface area contributed by atoms with Gasteiger partial charge in [0.2, 0.25) is 0 Å². The predicted octanol–water partition coefficient (Wildman–Crippen LogP) is 3.53. The van der Waals surface area contributed by atoms with E-state index < -0.39 is 134 Å². The lowest BCUT2D eigenvalue weighted by Gasteiger charge is -2.67. The number of carbonyl (C=O) groups is 7. The maximum absolute atomic E-state index is 16.1. The number of ketones is 1. The zero-order chi connectivity index (χ0) is 54.2. The highest BCUT2D eigenvalue weighted by Gasteiger charge is 2.79. The van der Waals surface area contributed by atoms with Crippen molar-refractivity contribution in [1.29, 1.82) is 0 Å². The van der Waals surface area contributed by atoms with Crippen LogP contribution in [0.15, 0.2) is 102 Å². The van der Waals surface area contributed by atoms with Crippen LogP contribution in [0.5, 0.6) is 0 Å². The van der Waals surface area contributed by atoms with Gasteiger partial charge in [0, 0.05) is 37.7 Å². The van der Waals surface area contributed by atoms with Crippen LogP contribution in [0, 0.1) is 16.7 Å². The van der Waals surface area contributed by atoms with Crippen LogP contribution in [0.4, 0.5) is 0 Å². The number of carbonyl (C=O) groups excluding carboxylic acids is 7. The highest BCUT2D eigenvalue weighted by Crippen LogP contribution is 2.65. The Morgan fingerprint density at radius 1 is 0.836 bits per heavy atom. The Morgan fingerprint density at radius 2 is 1.37 bits per heavy atom. The second-order valence-electron chi connectivity index (χ2n) is 20.2. The number of esters is 5. The van der Waals surface area contributed by atoms with Gasteiger partial charge < -0.3 is 49.7 Å². The second-order valence-corrected chi connectivity index (χ2v) is 21.7. The average molecular weight is 1040 g/mol. The van der Waals surface area contributed by atoms with Crippen LogP contribution in [-0.2, 0) is 62.5 Å². The van der Waals surface area contributed by atoms with Gasteiger partial charge in [-0.3, -0.25) is 28.5 Å². The van der Waals surface area contributed by atoms with Gasteiger partial charge >= 0.3 is 29.8 Å². The van der Waals surface area contributed by atoms with Crippen LogP contribution in [0.3, 0.4) is 0 Å². The molecule has 394 valence electrons. The highest BCUT2D eigenvalue weighted by atomic mass is 32.2. The molecule has 3 aliphatic carbocycles. The van der Waals surface area contributed by atoms with Crippen LogP contribution in [0.25, 0.3) is 0 Å². The summed E-state index contributed by atoms with van der Waals surface area (Å²) in [7, 11) is -3.67. The van der Waals surface area contributed by atoms with Gasteiger partial charge in [0.15, 0.2) is 23.6 Å². The van der Waals surface area contributed by atoms with E-state index in [1.807, 2.05) is 0 Å². The standard InChI is InChI=1S/C51H58N2O15.CH4O3S/c1-27-33(65-45(60)38(56)37(30-18-12-9-13-19-30)53-43(58)31-20-14-10-15-21-31)25-51(62)42(67-44(59)32-22-16-11-17-23-32)40-49(8,41(57)39(64-28(2)54)36(27)47(51,4)5)34(66-46(61)48(6,7)52)24-35-50(40,26-63-35)68-29(3)55;1-5(2,3)4/h9-23,33-35,37-40,42,56,62H,24-26,52H2,1-8H3,(H,53,58);1H3,(H,2,3,4)/t33-,34-,35+,37-,38+,39+,40-,42-,49+,50-,51+;/m0./s1. The Kier molecular flexibility index (Phi) is 16.0. The van der Waals surface area contributed by atoms with Crippen molar-refractivity contribution in [3.63, 3.8) is 0 Å². The Bertz CT molecular complexity index is 2750. The molecule has 2 bridgehead atoms. The third kappa shape index (κ3) is 11.1. The van der Waals surface area contributed by atoms with E-state index in [2.05, 4.69) is 5.32 Å². The van der Waals surface area contributed by atoms with Crippen molar-refractivity contribution in [2.45, 2.75) is 128 Å². The molecule has 1 amide bonds. The molecule has 7 rings (SSSR count). The summed E-state index contributed by atoms with van der Waals surface area (Å²) < 4.78 is 62.8. The second kappa shape index (κ2) is 20.9. The van der Waals surface area contributed by atoms with Crippen LogP contribution >= 0.6 is 0 Å². The zero-order valence-electron chi connectivity index (χ0n) is 41.9. The Hall–Kier alpha value is -6.36. The summed E-state index contributed by atoms with van der Waals surface area (Å²) in [5.74, 6) is -8.08. The number of benzene rings is 3. The van der Waals surface area contributed by atoms with E-state index in [0.717, 1.165) is 13.8 Å². The smallest absolute Gasteiger partial charge is 0.338 e. The minimum Gasteiger partial charge on any atom is -0.460 e. The third-order valence-corrected chi connectivity index (χ3v) is 14.2. The molecule has 3 aromatic carbocycles. The molecule has 0 unspecified atom stereocenters. The minimum atomic E-state index is -3.67. The molecule has 2 saturated carbocycles. The lowest BCUT2D eigenvalue weighted by atomic mass is 9.44. The summed E-state index contributed by atoms with van der Waals surface area (Å²) in [6.45, 7) is 10.6. The molecule has 3 aromatic rings. The molecule has 0 spiro atoms. The highest BCUT2D eigenvalue weighted by molar-refractivity contribution is 7.85. The first-order valence-corrected chi connectivity index (χ1v) is 25.2. The number of nitrogens with two attached hydrogens (primary N) is 1. The number of nitrogens with one attached hydrogen (secondary N) is 1. The number of hydrogen-bond acceptors (Lipinski definition) is 18. The normalized spacial score (nSPS) is 29.0. The first-order valence-electron chi connectivity index (χ1n) is 23.3. The Morgan fingerprint density at radius 3 is 1.86 bits per heavy atom. The van der Waals surface area contributed by atoms with E-state index in [4.69, 9.17) is 38.7 Å². The van der Waals surface area contributed by atoms with Crippen molar-refractivity contribution >= 4 is 51.7 Å². The van der Waals surface area contributed by atoms with Gasteiger partial charge in [-0.05, 0) is 68.7 Å². The van der Waals surface area contributed by atoms with E-state index >= 15 is 4.79 Å². The number of ether oxygens (including phenoxy) is 6. The molecule has 1 saturated heterocycles. The van der Waals surface area contributed by atoms with Crippen LogP contribution < -0.4 is 11.1 Å². The van der Waals surface area contributed by atoms with E-state index in [-0.39, 0.29) is 35.3 Å². The summed E-state index contributed by atoms with van der Waals surface area (Å²) in [6.07, 6.45) is -10.2. The number of hydrogen-bond donors (Lipinski definition) is 5. The topological polar surface area (TPSA) is 308 Å². The van der Waals surface area contributed by atoms with Crippen molar-refractivity contribution in [1.82, 2.24) is 5.32 Å². The van der Waals surface area contributed by atoms with Crippen LogP contribution in [0.1, 0.15) is 101 Å². The fourth-order valence-corrected chi connectivity index (χ4v) is 10.6. The number of amides is 1. The molecule has 4 aliphatic rings. The molecule has 0 aromatic heterocycles. The summed E-state index contributed by atoms with van der Waals surface area (Å²) in [5.41, 5.74) is -2.90. The minimum absolute atomic E-state index is 0.0340. The van der Waals surface area contributed by atoms with E-state index in [0.29, 0.717) is 11.8 Å². The number of aliphatic hydroxyl groups is 2. The van der Waals surface area contributed by atoms with Gasteiger partial charge in [0.1, 0.15) is 35.6 Å². The molecule has 0 radical (unpaired) electrons. The summed E-state index contributed by atoms with van der Waals surface area (Å²) in [6, 6.07) is 22.8. The fourth-order valence-electron chi connectivity index (χ4n) is 10.6. The molecule has 11 atom stereocenters. The molecule has 1 heterocycles. The molecular formula is C52H62N2O18S. The van der Waals surface area contributed by atoms with Gasteiger partial charge in [-0.2, -0.15) is 8.42 Å². The van der Waals surface area contributed by atoms with Crippen molar-refractivity contribution in [3.05, 3.63) is 119 Å². The molecule has 20 nitrogen and oxygen atoms in total. The lowest BCUT2D eigenvalue weighted by molar-refractivity contribution is -0.346. The number of Topliss-reactive ketones (excluding diaryl/α,β-unsaturated/α-hetero) is 1. The third-order valence-electron chi connectivity index (χ3n) is 14.2. The molecule has 3 fully saturated rings. The van der Waals surface area contributed by atoms with E-state index in [9.17, 15) is 47.4 Å². The van der Waals surface area contributed by atoms with Crippen molar-refractivity contribution in [2.24, 2.45) is 22.5 Å². The fraction of sp³-hybridized carbons (Fsp3) is 0.481. The van der Waals surface area contributed by atoms with Gasteiger partial charge in [0.05, 0.1) is 35.8 Å². The summed E-state index contributed by atoms with van der Waals surface area (Å²) in [5, 5.41) is 28.6. The number of aliphatic hydroxyl groups excluding tert-OH is 1. The quantitative estimate of drug-likeness (QED) is 0.0750.